The van der Waals surface area contributed by atoms with Crippen LogP contribution >= 0.6 is 0 Å². The fourth-order valence-electron chi connectivity index (χ4n) is 1.56. The van der Waals surface area contributed by atoms with E-state index >= 15 is 0 Å². The maximum absolute atomic E-state index is 12.2. The van der Waals surface area contributed by atoms with Gasteiger partial charge in [0.2, 0.25) is 0 Å². The molecule has 1 heterocycles. The third-order valence-corrected chi connectivity index (χ3v) is 4.14. The molecule has 0 radical (unpaired) electrons. The molecule has 0 saturated heterocycles. The molecule has 0 bridgehead atoms. The molecule has 0 saturated carbocycles. The molecule has 0 fully saturated rings. The highest BCUT2D eigenvalue weighted by Gasteiger charge is 2.17. The molecule has 19 heavy (non-hydrogen) atoms. The van der Waals surface area contributed by atoms with Gasteiger partial charge >= 0.3 is 0 Å². The standard InChI is InChI=1S/C12H14N4O2S/c1-8-6-10(7-11(13)9(8)2)19(17,18)16-12-4-3-5-14-15-12/h3-7H,13H2,1-2H3,(H,15,16). The zero-order valence-corrected chi connectivity index (χ0v) is 11.4. The third kappa shape index (κ3) is 2.82. The van der Waals surface area contributed by atoms with Gasteiger partial charge in [-0.05, 0) is 49.2 Å². The third-order valence-electron chi connectivity index (χ3n) is 2.80. The van der Waals surface area contributed by atoms with Crippen LogP contribution in [0.5, 0.6) is 0 Å². The van der Waals surface area contributed by atoms with Crippen LogP contribution in [0.3, 0.4) is 0 Å². The van der Waals surface area contributed by atoms with Crippen LogP contribution in [0.2, 0.25) is 0 Å². The van der Waals surface area contributed by atoms with Crippen molar-refractivity contribution in [1.82, 2.24) is 10.2 Å². The molecule has 7 heteroatoms. The largest absolute Gasteiger partial charge is 0.398 e. The van der Waals surface area contributed by atoms with Crippen molar-refractivity contribution in [3.8, 4) is 0 Å². The van der Waals surface area contributed by atoms with Crippen LogP contribution in [0.4, 0.5) is 11.5 Å². The van der Waals surface area contributed by atoms with Crippen LogP contribution in [0.15, 0.2) is 35.4 Å². The summed E-state index contributed by atoms with van der Waals surface area (Å²) in [5, 5.41) is 7.29. The summed E-state index contributed by atoms with van der Waals surface area (Å²) in [4.78, 5) is 0.110. The first-order valence-electron chi connectivity index (χ1n) is 5.57. The zero-order chi connectivity index (χ0) is 14.0. The molecule has 0 atom stereocenters. The molecule has 1 aromatic carbocycles. The summed E-state index contributed by atoms with van der Waals surface area (Å²) in [6.07, 6.45) is 1.46. The summed E-state index contributed by atoms with van der Waals surface area (Å²) in [7, 11) is -3.71. The fourth-order valence-corrected chi connectivity index (χ4v) is 2.68. The van der Waals surface area contributed by atoms with E-state index in [-0.39, 0.29) is 10.7 Å². The number of sulfonamides is 1. The molecule has 0 aliphatic rings. The van der Waals surface area contributed by atoms with E-state index < -0.39 is 10.0 Å². The van der Waals surface area contributed by atoms with Gasteiger partial charge in [-0.2, -0.15) is 5.10 Å². The Morgan fingerprint density at radius 1 is 1.26 bits per heavy atom. The number of hydrogen-bond donors (Lipinski definition) is 2. The van der Waals surface area contributed by atoms with Crippen molar-refractivity contribution in [2.45, 2.75) is 18.7 Å². The van der Waals surface area contributed by atoms with Crippen LogP contribution in [0.25, 0.3) is 0 Å². The second-order valence-electron chi connectivity index (χ2n) is 4.17. The van der Waals surface area contributed by atoms with E-state index in [0.717, 1.165) is 11.1 Å². The molecule has 0 unspecified atom stereocenters. The summed E-state index contributed by atoms with van der Waals surface area (Å²) < 4.78 is 26.7. The summed E-state index contributed by atoms with van der Waals surface area (Å²) >= 11 is 0. The predicted molar refractivity (Wildman–Crippen MR) is 73.2 cm³/mol. The molecule has 0 spiro atoms. The van der Waals surface area contributed by atoms with Gasteiger partial charge in [-0.1, -0.05) is 0 Å². The number of nitrogens with zero attached hydrogens (tertiary/aromatic N) is 2. The lowest BCUT2D eigenvalue weighted by Gasteiger charge is -2.10. The normalized spacial score (nSPS) is 11.3. The first-order valence-corrected chi connectivity index (χ1v) is 7.06. The van der Waals surface area contributed by atoms with Crippen molar-refractivity contribution in [2.24, 2.45) is 0 Å². The number of rotatable bonds is 3. The number of nitrogen functional groups attached to an aromatic ring is 1. The van der Waals surface area contributed by atoms with Gasteiger partial charge in [-0.25, -0.2) is 8.42 Å². The first-order chi connectivity index (χ1) is 8.90. The number of nitrogens with two attached hydrogens (primary N) is 1. The number of anilines is 2. The van der Waals surface area contributed by atoms with Gasteiger partial charge in [-0.15, -0.1) is 5.10 Å². The molecule has 0 aliphatic heterocycles. The number of nitrogens with one attached hydrogen (secondary N) is 1. The summed E-state index contributed by atoms with van der Waals surface area (Å²) in [5.41, 5.74) is 7.93. The molecule has 3 N–H and O–H groups in total. The van der Waals surface area contributed by atoms with Gasteiger partial charge in [0.05, 0.1) is 4.90 Å². The van der Waals surface area contributed by atoms with E-state index in [1.165, 1.54) is 18.3 Å². The van der Waals surface area contributed by atoms with Crippen molar-refractivity contribution in [1.29, 1.82) is 0 Å². The van der Waals surface area contributed by atoms with Crippen LogP contribution in [-0.2, 0) is 10.0 Å². The second kappa shape index (κ2) is 4.85. The van der Waals surface area contributed by atoms with Crippen molar-refractivity contribution in [2.75, 3.05) is 10.5 Å². The van der Waals surface area contributed by atoms with E-state index in [1.54, 1.807) is 12.1 Å². The van der Waals surface area contributed by atoms with Gasteiger partial charge in [0.25, 0.3) is 10.0 Å². The molecule has 2 aromatic rings. The first kappa shape index (κ1) is 13.3. The van der Waals surface area contributed by atoms with Crippen molar-refractivity contribution in [3.05, 3.63) is 41.6 Å². The molecular formula is C12H14N4O2S. The average Bonchev–Trinajstić information content (AvgIpc) is 2.36. The Labute approximate surface area is 111 Å². The van der Waals surface area contributed by atoms with Crippen molar-refractivity contribution < 1.29 is 8.42 Å². The number of hydrogen-bond acceptors (Lipinski definition) is 5. The number of aromatic nitrogens is 2. The number of benzene rings is 1. The lowest BCUT2D eigenvalue weighted by atomic mass is 10.1. The highest BCUT2D eigenvalue weighted by molar-refractivity contribution is 7.92. The molecule has 100 valence electrons. The quantitative estimate of drug-likeness (QED) is 0.829. The molecule has 0 aliphatic carbocycles. The maximum atomic E-state index is 12.2. The van der Waals surface area contributed by atoms with Crippen LogP contribution in [0.1, 0.15) is 11.1 Å². The Kier molecular flexibility index (Phi) is 3.39. The van der Waals surface area contributed by atoms with E-state index in [4.69, 9.17) is 5.73 Å². The van der Waals surface area contributed by atoms with Crippen LogP contribution < -0.4 is 10.5 Å². The number of aryl methyl sites for hydroxylation is 1. The molecule has 1 aromatic heterocycles. The van der Waals surface area contributed by atoms with Gasteiger partial charge in [0, 0.05) is 11.9 Å². The molecule has 6 nitrogen and oxygen atoms in total. The van der Waals surface area contributed by atoms with E-state index in [2.05, 4.69) is 14.9 Å². The van der Waals surface area contributed by atoms with Crippen molar-refractivity contribution >= 4 is 21.5 Å². The smallest absolute Gasteiger partial charge is 0.263 e. The summed E-state index contributed by atoms with van der Waals surface area (Å²) in [5.74, 6) is 0.166. The Hall–Kier alpha value is -2.15. The fraction of sp³-hybridized carbons (Fsp3) is 0.167. The zero-order valence-electron chi connectivity index (χ0n) is 10.6. The van der Waals surface area contributed by atoms with E-state index in [0.29, 0.717) is 5.69 Å². The summed E-state index contributed by atoms with van der Waals surface area (Å²) in [6, 6.07) is 6.12. The molecule has 2 rings (SSSR count). The van der Waals surface area contributed by atoms with Crippen molar-refractivity contribution in [3.63, 3.8) is 0 Å². The van der Waals surface area contributed by atoms with E-state index in [9.17, 15) is 8.42 Å². The Morgan fingerprint density at radius 3 is 2.58 bits per heavy atom. The monoisotopic (exact) mass is 278 g/mol. The maximum Gasteiger partial charge on any atom is 0.263 e. The highest BCUT2D eigenvalue weighted by atomic mass is 32.2. The Bertz CT molecular complexity index is 676. The minimum absolute atomic E-state index is 0.110. The molecule has 0 amide bonds. The Balaban J connectivity index is 2.40. The van der Waals surface area contributed by atoms with Gasteiger partial charge in [0.1, 0.15) is 0 Å². The minimum atomic E-state index is -3.71. The summed E-state index contributed by atoms with van der Waals surface area (Å²) in [6.45, 7) is 3.66. The van der Waals surface area contributed by atoms with E-state index in [1.807, 2.05) is 13.8 Å². The average molecular weight is 278 g/mol. The predicted octanol–water partition coefficient (Wildman–Crippen LogP) is 1.48. The highest BCUT2D eigenvalue weighted by Crippen LogP contribution is 2.22. The van der Waals surface area contributed by atoms with Gasteiger partial charge in [0.15, 0.2) is 5.82 Å². The minimum Gasteiger partial charge on any atom is -0.398 e. The van der Waals surface area contributed by atoms with Gasteiger partial charge in [-0.3, -0.25) is 4.72 Å². The lowest BCUT2D eigenvalue weighted by Crippen LogP contribution is -2.15. The second-order valence-corrected chi connectivity index (χ2v) is 5.85. The lowest BCUT2D eigenvalue weighted by molar-refractivity contribution is 0.601. The molecular weight excluding hydrogens is 264 g/mol. The van der Waals surface area contributed by atoms with Crippen LogP contribution in [0, 0.1) is 13.8 Å². The van der Waals surface area contributed by atoms with Gasteiger partial charge < -0.3 is 5.73 Å². The SMILES string of the molecule is Cc1cc(S(=O)(=O)Nc2cccnn2)cc(N)c1C. The van der Waals surface area contributed by atoms with Crippen LogP contribution in [-0.4, -0.2) is 18.6 Å². The Morgan fingerprint density at radius 2 is 2.00 bits per heavy atom. The topological polar surface area (TPSA) is 98.0 Å².